The largest absolute Gasteiger partial charge is 0.435 e. The van der Waals surface area contributed by atoms with E-state index in [0.29, 0.717) is 5.89 Å². The Kier molecular flexibility index (Phi) is 6.14. The molecule has 0 fully saturated rings. The van der Waals surface area contributed by atoms with Crippen LogP contribution in [0.25, 0.3) is 67.1 Å². The van der Waals surface area contributed by atoms with Crippen molar-refractivity contribution < 1.29 is 4.42 Å². The molecule has 46 heavy (non-hydrogen) atoms. The third kappa shape index (κ3) is 4.33. The second kappa shape index (κ2) is 10.8. The topological polar surface area (TPSA) is 29.3 Å². The summed E-state index contributed by atoms with van der Waals surface area (Å²) in [5, 5.41) is 2.41. The number of hydrogen-bond acceptors (Lipinski definition) is 3. The van der Waals surface area contributed by atoms with Crippen LogP contribution in [0.1, 0.15) is 0 Å². The second-order valence-electron chi connectivity index (χ2n) is 11.6. The molecule has 0 amide bonds. The number of nitrogens with zero attached hydrogens (tertiary/aromatic N) is 2. The van der Waals surface area contributed by atoms with Crippen LogP contribution in [-0.4, -0.2) is 4.98 Å². The van der Waals surface area contributed by atoms with Gasteiger partial charge in [-0.1, -0.05) is 121 Å². The lowest BCUT2D eigenvalue weighted by Crippen LogP contribution is -2.09. The zero-order chi connectivity index (χ0) is 30.5. The first kappa shape index (κ1) is 26.2. The lowest BCUT2D eigenvalue weighted by Gasteiger charge is -2.26. The maximum atomic E-state index is 6.37. The van der Waals surface area contributed by atoms with Gasteiger partial charge in [0.15, 0.2) is 5.76 Å². The van der Waals surface area contributed by atoms with Crippen molar-refractivity contribution in [1.82, 2.24) is 4.98 Å². The summed E-state index contributed by atoms with van der Waals surface area (Å²) < 4.78 is 6.37. The fourth-order valence-corrected chi connectivity index (χ4v) is 6.68. The summed E-state index contributed by atoms with van der Waals surface area (Å²) >= 11 is 0. The van der Waals surface area contributed by atoms with E-state index in [4.69, 9.17) is 9.40 Å². The van der Waals surface area contributed by atoms with Gasteiger partial charge in [-0.05, 0) is 76.2 Å². The first-order valence-corrected chi connectivity index (χ1v) is 15.6. The molecule has 9 rings (SSSR count). The van der Waals surface area contributed by atoms with E-state index in [-0.39, 0.29) is 0 Å². The van der Waals surface area contributed by atoms with Crippen LogP contribution >= 0.6 is 0 Å². The van der Waals surface area contributed by atoms with Crippen LogP contribution in [0.15, 0.2) is 174 Å². The minimum atomic E-state index is 0.658. The average Bonchev–Trinajstić information content (AvgIpc) is 3.70. The van der Waals surface area contributed by atoms with Crippen LogP contribution in [0.5, 0.6) is 0 Å². The number of aromatic nitrogens is 1. The van der Waals surface area contributed by atoms with Gasteiger partial charge in [-0.15, -0.1) is 0 Å². The predicted molar refractivity (Wildman–Crippen MR) is 189 cm³/mol. The molecule has 3 nitrogen and oxygen atoms in total. The van der Waals surface area contributed by atoms with Gasteiger partial charge in [-0.2, -0.15) is 0 Å². The lowest BCUT2D eigenvalue weighted by atomic mass is 9.94. The Labute approximate surface area is 267 Å². The molecule has 0 unspecified atom stereocenters. The van der Waals surface area contributed by atoms with Gasteiger partial charge in [0.1, 0.15) is 5.69 Å². The highest BCUT2D eigenvalue weighted by Crippen LogP contribution is 2.50. The lowest BCUT2D eigenvalue weighted by molar-refractivity contribution is 0.590. The van der Waals surface area contributed by atoms with E-state index in [2.05, 4.69) is 144 Å². The van der Waals surface area contributed by atoms with Crippen molar-refractivity contribution in [2.24, 2.45) is 0 Å². The number of hydrogen-bond donors (Lipinski definition) is 0. The van der Waals surface area contributed by atoms with Crippen LogP contribution in [0.2, 0.25) is 0 Å². The molecule has 0 saturated heterocycles. The standard InChI is InChI=1S/C43H28N2O/c1-4-11-29(12-5-1)30-19-23-34(24-20-30)45(33-15-8-3-9-16-33)35-25-21-31(22-26-35)36-27-28-38-40-37(36)17-10-18-39(40)42-41(38)44-43(46-42)32-13-6-2-7-14-32/h1-28H. The molecule has 8 aromatic rings. The summed E-state index contributed by atoms with van der Waals surface area (Å²) in [6, 6.07) is 59.7. The highest BCUT2D eigenvalue weighted by molar-refractivity contribution is 6.17. The van der Waals surface area contributed by atoms with Crippen molar-refractivity contribution in [1.29, 1.82) is 0 Å². The van der Waals surface area contributed by atoms with Crippen molar-refractivity contribution in [3.8, 4) is 56.3 Å². The molecule has 0 saturated carbocycles. The number of fused-ring (bicyclic) bond motifs is 3. The highest BCUT2D eigenvalue weighted by atomic mass is 16.4. The number of benzene rings is 7. The minimum absolute atomic E-state index is 0.658. The molecule has 1 aromatic heterocycles. The number of rotatable bonds is 6. The fraction of sp³-hybridized carbons (Fsp3) is 0. The smallest absolute Gasteiger partial charge is 0.227 e. The Hall–Kier alpha value is -6.19. The minimum Gasteiger partial charge on any atom is -0.435 e. The van der Waals surface area contributed by atoms with Gasteiger partial charge < -0.3 is 9.32 Å². The molecule has 0 aliphatic heterocycles. The molecule has 0 N–H and O–H groups in total. The number of oxazole rings is 1. The van der Waals surface area contributed by atoms with E-state index in [1.165, 1.54) is 33.0 Å². The van der Waals surface area contributed by atoms with Gasteiger partial charge in [0, 0.05) is 39.1 Å². The summed E-state index contributed by atoms with van der Waals surface area (Å²) in [5.74, 6) is 1.51. The molecule has 0 radical (unpaired) electrons. The van der Waals surface area contributed by atoms with E-state index in [1.54, 1.807) is 0 Å². The van der Waals surface area contributed by atoms with Gasteiger partial charge in [0.25, 0.3) is 0 Å². The predicted octanol–water partition coefficient (Wildman–Crippen LogP) is 11.9. The van der Waals surface area contributed by atoms with E-state index < -0.39 is 0 Å². The van der Waals surface area contributed by atoms with Crippen LogP contribution in [0.4, 0.5) is 17.1 Å². The highest BCUT2D eigenvalue weighted by Gasteiger charge is 2.29. The van der Waals surface area contributed by atoms with Gasteiger partial charge >= 0.3 is 0 Å². The maximum Gasteiger partial charge on any atom is 0.227 e. The third-order valence-electron chi connectivity index (χ3n) is 8.87. The maximum absolute atomic E-state index is 6.37. The number of anilines is 3. The molecular formula is C43H28N2O. The normalized spacial score (nSPS) is 11.5. The van der Waals surface area contributed by atoms with Crippen LogP contribution < -0.4 is 4.90 Å². The first-order valence-electron chi connectivity index (χ1n) is 15.6. The Morgan fingerprint density at radius 3 is 1.61 bits per heavy atom. The van der Waals surface area contributed by atoms with Gasteiger partial charge in [-0.3, -0.25) is 0 Å². The van der Waals surface area contributed by atoms with E-state index in [1.807, 2.05) is 30.3 Å². The van der Waals surface area contributed by atoms with Crippen molar-refractivity contribution in [2.45, 2.75) is 0 Å². The molecule has 0 spiro atoms. The molecule has 1 heterocycles. The molecule has 1 aliphatic rings. The van der Waals surface area contributed by atoms with Crippen molar-refractivity contribution >= 4 is 27.8 Å². The van der Waals surface area contributed by atoms with Crippen molar-refractivity contribution in [2.75, 3.05) is 4.90 Å². The van der Waals surface area contributed by atoms with Gasteiger partial charge in [0.2, 0.25) is 5.89 Å². The van der Waals surface area contributed by atoms with Crippen LogP contribution in [0, 0.1) is 0 Å². The fourth-order valence-electron chi connectivity index (χ4n) is 6.68. The Balaban J connectivity index is 1.09. The summed E-state index contributed by atoms with van der Waals surface area (Å²) in [5.41, 5.74) is 12.2. The van der Waals surface area contributed by atoms with E-state index in [0.717, 1.165) is 45.2 Å². The molecular weight excluding hydrogens is 560 g/mol. The van der Waals surface area contributed by atoms with Crippen molar-refractivity contribution in [3.63, 3.8) is 0 Å². The van der Waals surface area contributed by atoms with Crippen LogP contribution in [-0.2, 0) is 0 Å². The summed E-state index contributed by atoms with van der Waals surface area (Å²) in [6.07, 6.45) is 0. The SMILES string of the molecule is c1ccc(-c2ccc(N(c3ccccc3)c3ccc(-c4ccc5c6c(cccc46)-c4oc(-c6ccccc6)nc4-5)cc3)cc2)cc1. The molecule has 216 valence electrons. The van der Waals surface area contributed by atoms with Crippen molar-refractivity contribution in [3.05, 3.63) is 170 Å². The average molecular weight is 589 g/mol. The molecule has 1 aliphatic carbocycles. The monoisotopic (exact) mass is 588 g/mol. The summed E-state index contributed by atoms with van der Waals surface area (Å²) in [7, 11) is 0. The summed E-state index contributed by atoms with van der Waals surface area (Å²) in [4.78, 5) is 7.25. The Bertz CT molecular complexity index is 2300. The zero-order valence-electron chi connectivity index (χ0n) is 25.0. The molecule has 7 aromatic carbocycles. The van der Waals surface area contributed by atoms with Gasteiger partial charge in [-0.25, -0.2) is 4.98 Å². The zero-order valence-corrected chi connectivity index (χ0v) is 25.0. The second-order valence-corrected chi connectivity index (χ2v) is 11.6. The third-order valence-corrected chi connectivity index (χ3v) is 8.87. The van der Waals surface area contributed by atoms with Crippen LogP contribution in [0.3, 0.4) is 0 Å². The van der Waals surface area contributed by atoms with E-state index in [9.17, 15) is 0 Å². The molecule has 0 atom stereocenters. The Morgan fingerprint density at radius 2 is 0.935 bits per heavy atom. The molecule has 0 bridgehead atoms. The van der Waals surface area contributed by atoms with Gasteiger partial charge in [0.05, 0.1) is 0 Å². The quantitative estimate of drug-likeness (QED) is 0.193. The van der Waals surface area contributed by atoms with E-state index >= 15 is 0 Å². The Morgan fingerprint density at radius 1 is 0.391 bits per heavy atom. The first-order chi connectivity index (χ1) is 22.8. The number of para-hydroxylation sites is 1. The summed E-state index contributed by atoms with van der Waals surface area (Å²) in [6.45, 7) is 0. The molecule has 3 heteroatoms.